The summed E-state index contributed by atoms with van der Waals surface area (Å²) in [4.78, 5) is 28.2. The summed E-state index contributed by atoms with van der Waals surface area (Å²) in [6, 6.07) is 12.4. The second kappa shape index (κ2) is 13.6. The van der Waals surface area contributed by atoms with Crippen molar-refractivity contribution >= 4 is 11.9 Å². The van der Waals surface area contributed by atoms with E-state index in [0.717, 1.165) is 11.1 Å². The fraction of sp³-hybridized carbons (Fsp3) is 0.321. The number of aromatic nitrogens is 1. The summed E-state index contributed by atoms with van der Waals surface area (Å²) >= 11 is 0. The third kappa shape index (κ3) is 8.20. The van der Waals surface area contributed by atoms with Gasteiger partial charge in [-0.25, -0.2) is 13.6 Å². The van der Waals surface area contributed by atoms with Crippen LogP contribution in [0.3, 0.4) is 0 Å². The molecule has 1 amide bonds. The zero-order valence-corrected chi connectivity index (χ0v) is 21.9. The number of aliphatic carboxylic acids is 1. The number of nitrogens with two attached hydrogens (primary N) is 1. The molecule has 0 aliphatic carbocycles. The Bertz CT molecular complexity index is 1320. The lowest BCUT2D eigenvalue weighted by atomic mass is 10.00. The second-order valence-corrected chi connectivity index (χ2v) is 9.14. The molecule has 0 bridgehead atoms. The molecule has 3 rings (SSSR count). The van der Waals surface area contributed by atoms with Gasteiger partial charge in [0.05, 0.1) is 6.61 Å². The summed E-state index contributed by atoms with van der Waals surface area (Å²) in [5, 5.41) is 12.1. The first kappa shape index (κ1) is 29.5. The monoisotopic (exact) mass is 543 g/mol. The summed E-state index contributed by atoms with van der Waals surface area (Å²) in [5.41, 5.74) is 8.13. The molecule has 0 aliphatic rings. The van der Waals surface area contributed by atoms with E-state index < -0.39 is 41.4 Å². The highest BCUT2D eigenvalue weighted by Gasteiger charge is 2.25. The number of halogens is 2. The molecule has 0 spiro atoms. The molecule has 2 aromatic carbocycles. The highest BCUT2D eigenvalue weighted by Crippen LogP contribution is 2.32. The fourth-order valence-corrected chi connectivity index (χ4v) is 3.66. The lowest BCUT2D eigenvalue weighted by molar-refractivity contribution is -0.146. The highest BCUT2D eigenvalue weighted by atomic mass is 19.1. The number of nitrogens with one attached hydrogen (secondary N) is 1. The minimum absolute atomic E-state index is 0.0310. The molecule has 4 N–H and O–H groups in total. The van der Waals surface area contributed by atoms with Crippen LogP contribution in [-0.2, 0) is 16.1 Å². The molecule has 1 atom stereocenters. The lowest BCUT2D eigenvalue weighted by Gasteiger charge is -2.17. The van der Waals surface area contributed by atoms with Gasteiger partial charge in [-0.2, -0.15) is 4.98 Å². The fourth-order valence-electron chi connectivity index (χ4n) is 3.66. The standard InChI is InChI=1S/C28H31F2N3O6/c1-16(2)9-24(28(35)36)39-27-23(30)14-22(29)26(33-27)38-21-12-19(18-6-4-5-17(10-18)15-31)11-20(13-21)25(34)32-7-8-37-3/h4-6,10-14,16,24H,7-9,15,31H2,1-3H3,(H,32,34)(H,35,36). The van der Waals surface area contributed by atoms with Crippen LogP contribution in [0.5, 0.6) is 17.5 Å². The number of carbonyl (C=O) groups is 2. The van der Waals surface area contributed by atoms with Crippen LogP contribution in [0.2, 0.25) is 0 Å². The Labute approximate surface area is 224 Å². The van der Waals surface area contributed by atoms with E-state index in [-0.39, 0.29) is 30.2 Å². The number of methoxy groups -OCH3 is 1. The van der Waals surface area contributed by atoms with E-state index in [0.29, 0.717) is 24.8 Å². The van der Waals surface area contributed by atoms with Crippen molar-refractivity contribution < 1.29 is 37.7 Å². The van der Waals surface area contributed by atoms with E-state index in [1.165, 1.54) is 13.2 Å². The van der Waals surface area contributed by atoms with Crippen LogP contribution in [0.1, 0.15) is 36.2 Å². The molecule has 0 saturated carbocycles. The van der Waals surface area contributed by atoms with Crippen molar-refractivity contribution in [1.82, 2.24) is 10.3 Å². The maximum Gasteiger partial charge on any atom is 0.344 e. The average molecular weight is 544 g/mol. The Balaban J connectivity index is 2.00. The molecule has 1 heterocycles. The summed E-state index contributed by atoms with van der Waals surface area (Å²) < 4.78 is 45.0. The molecule has 1 aromatic heterocycles. The Morgan fingerprint density at radius 2 is 1.79 bits per heavy atom. The van der Waals surface area contributed by atoms with Gasteiger partial charge in [0.25, 0.3) is 17.7 Å². The van der Waals surface area contributed by atoms with Gasteiger partial charge in [0, 0.05) is 31.8 Å². The Kier molecular flexibility index (Phi) is 10.3. The van der Waals surface area contributed by atoms with Crippen LogP contribution >= 0.6 is 0 Å². The molecular weight excluding hydrogens is 512 g/mol. The number of carboxylic acids is 1. The second-order valence-electron chi connectivity index (χ2n) is 9.14. The molecular formula is C28H31F2N3O6. The molecule has 3 aromatic rings. The Hall–Kier alpha value is -4.09. The van der Waals surface area contributed by atoms with Crippen molar-refractivity contribution in [3.63, 3.8) is 0 Å². The van der Waals surface area contributed by atoms with Crippen LogP contribution in [0, 0.1) is 17.6 Å². The molecule has 0 saturated heterocycles. The van der Waals surface area contributed by atoms with E-state index in [4.69, 9.17) is 19.9 Å². The Morgan fingerprint density at radius 3 is 2.46 bits per heavy atom. The highest BCUT2D eigenvalue weighted by molar-refractivity contribution is 5.96. The van der Waals surface area contributed by atoms with E-state index in [1.54, 1.807) is 26.0 Å². The number of benzene rings is 2. The minimum atomic E-state index is -1.40. The average Bonchev–Trinajstić information content (AvgIpc) is 2.90. The first-order chi connectivity index (χ1) is 18.6. The van der Waals surface area contributed by atoms with Crippen LogP contribution in [0.15, 0.2) is 48.5 Å². The smallest absolute Gasteiger partial charge is 0.344 e. The molecule has 9 nitrogen and oxygen atoms in total. The number of ether oxygens (including phenoxy) is 3. The lowest BCUT2D eigenvalue weighted by Crippen LogP contribution is -2.29. The Morgan fingerprint density at radius 1 is 1.05 bits per heavy atom. The number of carboxylic acid groups (broad SMARTS) is 1. The maximum atomic E-state index is 14.7. The zero-order chi connectivity index (χ0) is 28.5. The van der Waals surface area contributed by atoms with Gasteiger partial charge >= 0.3 is 5.97 Å². The third-order valence-corrected chi connectivity index (χ3v) is 5.55. The number of carbonyl (C=O) groups excluding carboxylic acids is 1. The van der Waals surface area contributed by atoms with E-state index in [2.05, 4.69) is 10.3 Å². The number of pyridine rings is 1. The van der Waals surface area contributed by atoms with Crippen molar-refractivity contribution in [1.29, 1.82) is 0 Å². The summed E-state index contributed by atoms with van der Waals surface area (Å²) in [6.45, 7) is 4.42. The van der Waals surface area contributed by atoms with Crippen molar-refractivity contribution in [2.24, 2.45) is 11.7 Å². The first-order valence-electron chi connectivity index (χ1n) is 12.3. The molecule has 11 heteroatoms. The number of rotatable bonds is 13. The number of nitrogens with zero attached hydrogens (tertiary/aromatic N) is 1. The summed E-state index contributed by atoms with van der Waals surface area (Å²) in [7, 11) is 1.51. The predicted octanol–water partition coefficient (Wildman–Crippen LogP) is 4.53. The van der Waals surface area contributed by atoms with Crippen LogP contribution < -0.4 is 20.5 Å². The van der Waals surface area contributed by atoms with Gasteiger partial charge in [-0.05, 0) is 53.3 Å². The van der Waals surface area contributed by atoms with Gasteiger partial charge in [-0.1, -0.05) is 32.0 Å². The van der Waals surface area contributed by atoms with E-state index >= 15 is 0 Å². The topological polar surface area (TPSA) is 133 Å². The van der Waals surface area contributed by atoms with Gasteiger partial charge in [-0.15, -0.1) is 0 Å². The molecule has 0 aliphatic heterocycles. The van der Waals surface area contributed by atoms with Crippen LogP contribution in [0.4, 0.5) is 8.78 Å². The normalized spacial score (nSPS) is 11.8. The molecule has 0 fully saturated rings. The molecule has 1 unspecified atom stereocenters. The molecule has 0 radical (unpaired) electrons. The zero-order valence-electron chi connectivity index (χ0n) is 21.9. The third-order valence-electron chi connectivity index (χ3n) is 5.55. The molecule has 208 valence electrons. The van der Waals surface area contributed by atoms with E-state index in [1.807, 2.05) is 24.3 Å². The van der Waals surface area contributed by atoms with Crippen molar-refractivity contribution in [3.8, 4) is 28.6 Å². The quantitative estimate of drug-likeness (QED) is 0.268. The van der Waals surface area contributed by atoms with Gasteiger partial charge in [-0.3, -0.25) is 4.79 Å². The molecule has 39 heavy (non-hydrogen) atoms. The maximum absolute atomic E-state index is 14.7. The van der Waals surface area contributed by atoms with Gasteiger partial charge in [0.2, 0.25) is 0 Å². The number of hydrogen-bond donors (Lipinski definition) is 3. The van der Waals surface area contributed by atoms with Gasteiger partial charge in [0.1, 0.15) is 5.75 Å². The van der Waals surface area contributed by atoms with Crippen LogP contribution in [-0.4, -0.2) is 48.3 Å². The number of amides is 1. The number of hydrogen-bond acceptors (Lipinski definition) is 7. The van der Waals surface area contributed by atoms with Gasteiger partial charge in [0.15, 0.2) is 17.7 Å². The summed E-state index contributed by atoms with van der Waals surface area (Å²) in [5.74, 6) is -5.47. The van der Waals surface area contributed by atoms with Crippen molar-refractivity contribution in [2.75, 3.05) is 20.3 Å². The summed E-state index contributed by atoms with van der Waals surface area (Å²) in [6.07, 6.45) is -1.32. The first-order valence-corrected chi connectivity index (χ1v) is 12.3. The van der Waals surface area contributed by atoms with Crippen molar-refractivity contribution in [2.45, 2.75) is 32.9 Å². The van der Waals surface area contributed by atoms with E-state index in [9.17, 15) is 23.5 Å². The van der Waals surface area contributed by atoms with Crippen molar-refractivity contribution in [3.05, 3.63) is 71.3 Å². The predicted molar refractivity (Wildman–Crippen MR) is 140 cm³/mol. The largest absolute Gasteiger partial charge is 0.479 e. The van der Waals surface area contributed by atoms with Crippen LogP contribution in [0.25, 0.3) is 11.1 Å². The SMILES string of the molecule is COCCNC(=O)c1cc(Oc2nc(OC(CC(C)C)C(=O)O)c(F)cc2F)cc(-c2cccc(CN)c2)c1. The minimum Gasteiger partial charge on any atom is -0.479 e. The van der Waals surface area contributed by atoms with Gasteiger partial charge < -0.3 is 30.4 Å².